The number of aromatic nitrogens is 3. The summed E-state index contributed by atoms with van der Waals surface area (Å²) in [5, 5.41) is 4.21. The summed E-state index contributed by atoms with van der Waals surface area (Å²) in [6.07, 6.45) is 3.68. The van der Waals surface area contributed by atoms with Gasteiger partial charge in [-0.1, -0.05) is 6.07 Å². The molecular weight excluding hydrogens is 442 g/mol. The molecule has 1 aliphatic heterocycles. The molecule has 2 atom stereocenters. The van der Waals surface area contributed by atoms with Gasteiger partial charge in [-0.25, -0.2) is 4.98 Å². The summed E-state index contributed by atoms with van der Waals surface area (Å²) in [5.74, 6) is 1.73. The Morgan fingerprint density at radius 1 is 0.941 bits per heavy atom. The maximum Gasteiger partial charge on any atom is 0.174 e. The smallest absolute Gasteiger partial charge is 0.174 e. The van der Waals surface area contributed by atoms with Crippen LogP contribution in [0.5, 0.6) is 5.75 Å². The molecule has 0 radical (unpaired) electrons. The highest BCUT2D eigenvalue weighted by atomic mass is 32.1. The fourth-order valence-corrected chi connectivity index (χ4v) is 5.12. The summed E-state index contributed by atoms with van der Waals surface area (Å²) in [7, 11) is 1.67. The van der Waals surface area contributed by atoms with Gasteiger partial charge in [-0.15, -0.1) is 0 Å². The SMILES string of the molecule is COc1ccc(N2C(=S)N[C@@H](c3ccccn3)[C@H]2c2cc(C)n(-c3cc(C)ccn3)c2C)cc1. The van der Waals surface area contributed by atoms with Gasteiger partial charge in [0.05, 0.1) is 24.9 Å². The van der Waals surface area contributed by atoms with E-state index in [1.54, 1.807) is 7.11 Å². The zero-order valence-corrected chi connectivity index (χ0v) is 20.5. The minimum absolute atomic E-state index is 0.0828. The molecule has 0 bridgehead atoms. The Kier molecular flexibility index (Phi) is 5.79. The van der Waals surface area contributed by atoms with E-state index in [0.717, 1.165) is 34.3 Å². The lowest BCUT2D eigenvalue weighted by Gasteiger charge is -2.28. The summed E-state index contributed by atoms with van der Waals surface area (Å²) in [6, 6.07) is 20.2. The third-order valence-electron chi connectivity index (χ3n) is 6.37. The standard InChI is InChI=1S/C27H27N5OS/c1-17-12-14-29-24(15-17)31-18(2)16-22(19(31)3)26-25(23-7-5-6-13-28-23)30-27(34)32(26)20-8-10-21(33-4)11-9-20/h5-16,25-26H,1-4H3,(H,30,34)/t25-,26+/m0/s1. The van der Waals surface area contributed by atoms with Crippen LogP contribution in [0.2, 0.25) is 0 Å². The van der Waals surface area contributed by atoms with Crippen molar-refractivity contribution in [1.29, 1.82) is 0 Å². The van der Waals surface area contributed by atoms with Crippen LogP contribution >= 0.6 is 12.2 Å². The highest BCUT2D eigenvalue weighted by molar-refractivity contribution is 7.80. The Hall–Kier alpha value is -3.71. The summed E-state index contributed by atoms with van der Waals surface area (Å²) in [6.45, 7) is 6.35. The zero-order valence-electron chi connectivity index (χ0n) is 19.7. The molecule has 1 saturated heterocycles. The van der Waals surface area contributed by atoms with Gasteiger partial charge in [-0.3, -0.25) is 4.98 Å². The zero-order chi connectivity index (χ0) is 23.8. The van der Waals surface area contributed by atoms with Crippen LogP contribution in [-0.2, 0) is 0 Å². The lowest BCUT2D eigenvalue weighted by molar-refractivity contribution is 0.415. The van der Waals surface area contributed by atoms with Crippen LogP contribution in [0.25, 0.3) is 5.82 Å². The van der Waals surface area contributed by atoms with E-state index in [4.69, 9.17) is 17.0 Å². The largest absolute Gasteiger partial charge is 0.497 e. The van der Waals surface area contributed by atoms with Gasteiger partial charge in [0.2, 0.25) is 0 Å². The van der Waals surface area contributed by atoms with Gasteiger partial charge in [-0.05, 0) is 98.7 Å². The van der Waals surface area contributed by atoms with Gasteiger partial charge in [0, 0.05) is 29.5 Å². The van der Waals surface area contributed by atoms with E-state index in [-0.39, 0.29) is 12.1 Å². The first kappa shape index (κ1) is 22.1. The Balaban J connectivity index is 1.67. The normalized spacial score (nSPS) is 17.6. The van der Waals surface area contributed by atoms with E-state index in [1.807, 2.05) is 60.9 Å². The number of rotatable bonds is 5. The maximum atomic E-state index is 5.87. The number of benzene rings is 1. The number of aryl methyl sites for hydroxylation is 2. The summed E-state index contributed by atoms with van der Waals surface area (Å²) >= 11 is 5.87. The topological polar surface area (TPSA) is 55.2 Å². The lowest BCUT2D eigenvalue weighted by Crippen LogP contribution is -2.29. The van der Waals surface area contributed by atoms with Crippen LogP contribution in [0.1, 0.15) is 40.3 Å². The summed E-state index contributed by atoms with van der Waals surface area (Å²) < 4.78 is 7.58. The van der Waals surface area contributed by atoms with Crippen molar-refractivity contribution >= 4 is 23.0 Å². The number of ether oxygens (including phenoxy) is 1. The van der Waals surface area contributed by atoms with Gasteiger partial charge < -0.3 is 19.5 Å². The highest BCUT2D eigenvalue weighted by Crippen LogP contribution is 2.43. The number of nitrogens with one attached hydrogen (secondary N) is 1. The van der Waals surface area contributed by atoms with Crippen LogP contribution in [0, 0.1) is 20.8 Å². The van der Waals surface area contributed by atoms with E-state index in [9.17, 15) is 0 Å². The number of hydrogen-bond donors (Lipinski definition) is 1. The van der Waals surface area contributed by atoms with Gasteiger partial charge in [-0.2, -0.15) is 0 Å². The number of thiocarbonyl (C=S) groups is 1. The Labute approximate surface area is 205 Å². The fourth-order valence-electron chi connectivity index (χ4n) is 4.77. The molecule has 4 aromatic rings. The molecular formula is C27H27N5OS. The van der Waals surface area contributed by atoms with E-state index in [1.165, 1.54) is 11.1 Å². The monoisotopic (exact) mass is 469 g/mol. The molecule has 1 aromatic carbocycles. The van der Waals surface area contributed by atoms with Crippen molar-refractivity contribution in [2.24, 2.45) is 0 Å². The van der Waals surface area contributed by atoms with Crippen molar-refractivity contribution in [2.45, 2.75) is 32.9 Å². The average molecular weight is 470 g/mol. The molecule has 0 unspecified atom stereocenters. The van der Waals surface area contributed by atoms with Crippen molar-refractivity contribution in [3.8, 4) is 11.6 Å². The third-order valence-corrected chi connectivity index (χ3v) is 6.68. The third kappa shape index (κ3) is 3.82. The van der Waals surface area contributed by atoms with Crippen molar-refractivity contribution in [1.82, 2.24) is 19.9 Å². The fraction of sp³-hybridized carbons (Fsp3) is 0.222. The first-order valence-electron chi connectivity index (χ1n) is 11.2. The van der Waals surface area contributed by atoms with Crippen LogP contribution in [-0.4, -0.2) is 26.8 Å². The molecule has 0 amide bonds. The van der Waals surface area contributed by atoms with E-state index >= 15 is 0 Å². The number of anilines is 1. The van der Waals surface area contributed by atoms with Crippen molar-refractivity contribution in [3.05, 3.63) is 101 Å². The first-order valence-corrected chi connectivity index (χ1v) is 11.7. The molecule has 6 nitrogen and oxygen atoms in total. The minimum atomic E-state index is -0.102. The summed E-state index contributed by atoms with van der Waals surface area (Å²) in [5.41, 5.74) is 6.56. The van der Waals surface area contributed by atoms with Gasteiger partial charge in [0.25, 0.3) is 0 Å². The molecule has 4 heterocycles. The van der Waals surface area contributed by atoms with Gasteiger partial charge in [0.15, 0.2) is 5.11 Å². The van der Waals surface area contributed by atoms with E-state index < -0.39 is 0 Å². The first-order chi connectivity index (χ1) is 16.5. The molecule has 7 heteroatoms. The van der Waals surface area contributed by atoms with Gasteiger partial charge in [0.1, 0.15) is 11.6 Å². The summed E-state index contributed by atoms with van der Waals surface area (Å²) in [4.78, 5) is 11.5. The quantitative estimate of drug-likeness (QED) is 0.396. The second kappa shape index (κ2) is 8.91. The average Bonchev–Trinajstić information content (AvgIpc) is 3.34. The van der Waals surface area contributed by atoms with E-state index in [0.29, 0.717) is 5.11 Å². The molecule has 1 aliphatic rings. The predicted molar refractivity (Wildman–Crippen MR) is 139 cm³/mol. The molecule has 1 N–H and O–H groups in total. The van der Waals surface area contributed by atoms with Crippen LogP contribution in [0.3, 0.4) is 0 Å². The van der Waals surface area contributed by atoms with E-state index in [2.05, 4.69) is 57.7 Å². The molecule has 34 heavy (non-hydrogen) atoms. The lowest BCUT2D eigenvalue weighted by atomic mass is 9.96. The number of methoxy groups -OCH3 is 1. The molecule has 0 saturated carbocycles. The van der Waals surface area contributed by atoms with Crippen LogP contribution in [0.15, 0.2) is 73.1 Å². The molecule has 1 fully saturated rings. The number of pyridine rings is 2. The second-order valence-corrected chi connectivity index (χ2v) is 8.93. The van der Waals surface area contributed by atoms with Gasteiger partial charge >= 0.3 is 0 Å². The Morgan fingerprint density at radius 2 is 1.74 bits per heavy atom. The Bertz CT molecular complexity index is 1330. The van der Waals surface area contributed by atoms with Crippen molar-refractivity contribution in [3.63, 3.8) is 0 Å². The predicted octanol–water partition coefficient (Wildman–Crippen LogP) is 5.38. The Morgan fingerprint density at radius 3 is 2.41 bits per heavy atom. The molecule has 172 valence electrons. The number of hydrogen-bond acceptors (Lipinski definition) is 4. The highest BCUT2D eigenvalue weighted by Gasteiger charge is 2.42. The minimum Gasteiger partial charge on any atom is -0.497 e. The second-order valence-electron chi connectivity index (χ2n) is 8.55. The molecule has 0 spiro atoms. The molecule has 3 aromatic heterocycles. The number of nitrogens with zero attached hydrogens (tertiary/aromatic N) is 4. The van der Waals surface area contributed by atoms with Crippen molar-refractivity contribution < 1.29 is 4.74 Å². The van der Waals surface area contributed by atoms with Crippen LogP contribution < -0.4 is 15.0 Å². The molecule has 5 rings (SSSR count). The van der Waals surface area contributed by atoms with Crippen LogP contribution in [0.4, 0.5) is 5.69 Å². The maximum absolute atomic E-state index is 5.87. The van der Waals surface area contributed by atoms with Crippen molar-refractivity contribution in [2.75, 3.05) is 12.0 Å². The molecule has 0 aliphatic carbocycles.